The molecule has 0 bridgehead atoms. The summed E-state index contributed by atoms with van der Waals surface area (Å²) in [5.41, 5.74) is 7.28. The number of hydrogen-bond acceptors (Lipinski definition) is 3. The number of benzene rings is 1. The lowest BCUT2D eigenvalue weighted by atomic mass is 10.0. The van der Waals surface area contributed by atoms with E-state index in [2.05, 4.69) is 0 Å². The molecule has 18 heavy (non-hydrogen) atoms. The van der Waals surface area contributed by atoms with E-state index in [0.29, 0.717) is 19.5 Å². The number of nitrogens with zero attached hydrogens (tertiary/aromatic N) is 1. The molecular weight excluding hydrogens is 228 g/mol. The second-order valence-corrected chi connectivity index (χ2v) is 4.74. The van der Waals surface area contributed by atoms with Gasteiger partial charge in [-0.25, -0.2) is 0 Å². The van der Waals surface area contributed by atoms with Gasteiger partial charge in [-0.3, -0.25) is 4.79 Å². The third-order valence-electron chi connectivity index (χ3n) is 3.35. The van der Waals surface area contributed by atoms with Crippen molar-refractivity contribution in [2.75, 3.05) is 19.6 Å². The molecule has 1 saturated heterocycles. The molecule has 4 heteroatoms. The number of likely N-dealkylation sites (tertiary alicyclic amines) is 1. The predicted molar refractivity (Wildman–Crippen MR) is 70.3 cm³/mol. The molecule has 1 aromatic rings. The van der Waals surface area contributed by atoms with Crippen LogP contribution in [0.15, 0.2) is 24.3 Å². The lowest BCUT2D eigenvalue weighted by molar-refractivity contribution is 0.0473. The number of amides is 1. The minimum atomic E-state index is -0.385. The standard InChI is InChI=1S/C14H20N2O2/c15-8-7-11-4-1-2-6-13(11)14(18)16-9-3-5-12(17)10-16/h1-2,4,6,12,17H,3,5,7-10,15H2/t12-/m0/s1. The first-order valence-electron chi connectivity index (χ1n) is 6.47. The normalized spacial score (nSPS) is 19.9. The molecule has 98 valence electrons. The van der Waals surface area contributed by atoms with Crippen LogP contribution in [0.25, 0.3) is 0 Å². The van der Waals surface area contributed by atoms with Crippen LogP contribution in [0.2, 0.25) is 0 Å². The number of hydrogen-bond donors (Lipinski definition) is 2. The molecule has 1 fully saturated rings. The molecule has 1 aliphatic heterocycles. The third-order valence-corrected chi connectivity index (χ3v) is 3.35. The van der Waals surface area contributed by atoms with Gasteiger partial charge in [0.05, 0.1) is 6.10 Å². The maximum atomic E-state index is 12.4. The maximum absolute atomic E-state index is 12.4. The molecule has 2 rings (SSSR count). The highest BCUT2D eigenvalue weighted by molar-refractivity contribution is 5.95. The zero-order valence-corrected chi connectivity index (χ0v) is 10.5. The molecule has 0 aromatic heterocycles. The molecule has 3 N–H and O–H groups in total. The molecule has 1 aromatic carbocycles. The van der Waals surface area contributed by atoms with Crippen LogP contribution in [0.5, 0.6) is 0 Å². The van der Waals surface area contributed by atoms with Crippen molar-refractivity contribution in [2.24, 2.45) is 5.73 Å². The molecule has 1 aliphatic rings. The van der Waals surface area contributed by atoms with Gasteiger partial charge in [0.25, 0.3) is 5.91 Å². The fourth-order valence-corrected chi connectivity index (χ4v) is 2.41. The zero-order valence-electron chi connectivity index (χ0n) is 10.5. The molecule has 0 spiro atoms. The Morgan fingerprint density at radius 1 is 1.44 bits per heavy atom. The van der Waals surface area contributed by atoms with E-state index in [1.54, 1.807) is 4.90 Å². The minimum absolute atomic E-state index is 0.0119. The molecule has 1 heterocycles. The van der Waals surface area contributed by atoms with Crippen LogP contribution in [-0.2, 0) is 6.42 Å². The second kappa shape index (κ2) is 5.98. The van der Waals surface area contributed by atoms with Crippen LogP contribution in [0.4, 0.5) is 0 Å². The van der Waals surface area contributed by atoms with Crippen molar-refractivity contribution in [3.8, 4) is 0 Å². The van der Waals surface area contributed by atoms with Crippen molar-refractivity contribution in [1.29, 1.82) is 0 Å². The molecule has 0 radical (unpaired) electrons. The van der Waals surface area contributed by atoms with E-state index >= 15 is 0 Å². The van der Waals surface area contributed by atoms with E-state index in [9.17, 15) is 9.90 Å². The number of β-amino-alcohol motifs (C(OH)–C–C–N with tert-alkyl or cyclic N) is 1. The summed E-state index contributed by atoms with van der Waals surface area (Å²) in [5.74, 6) is 0.0119. The van der Waals surface area contributed by atoms with Crippen molar-refractivity contribution in [3.63, 3.8) is 0 Å². The average Bonchev–Trinajstić information content (AvgIpc) is 2.39. The largest absolute Gasteiger partial charge is 0.391 e. The van der Waals surface area contributed by atoms with Gasteiger partial charge >= 0.3 is 0 Å². The summed E-state index contributed by atoms with van der Waals surface area (Å²) in [4.78, 5) is 14.2. The molecule has 1 atom stereocenters. The van der Waals surface area contributed by atoms with Crippen LogP contribution >= 0.6 is 0 Å². The Kier molecular flexibility index (Phi) is 4.33. The number of rotatable bonds is 3. The SMILES string of the molecule is NCCc1ccccc1C(=O)N1CCC[C@H](O)C1. The van der Waals surface area contributed by atoms with E-state index in [0.717, 1.165) is 30.5 Å². The third kappa shape index (κ3) is 2.89. The Labute approximate surface area is 107 Å². The lowest BCUT2D eigenvalue weighted by Gasteiger charge is -2.30. The van der Waals surface area contributed by atoms with Gasteiger partial charge in [-0.15, -0.1) is 0 Å². The predicted octanol–water partition coefficient (Wildman–Crippen LogP) is 0.785. The molecule has 0 unspecified atom stereocenters. The van der Waals surface area contributed by atoms with Crippen molar-refractivity contribution in [2.45, 2.75) is 25.4 Å². The zero-order chi connectivity index (χ0) is 13.0. The lowest BCUT2D eigenvalue weighted by Crippen LogP contribution is -2.42. The number of aliphatic hydroxyl groups is 1. The van der Waals surface area contributed by atoms with E-state index in [1.165, 1.54) is 0 Å². The number of nitrogens with two attached hydrogens (primary N) is 1. The highest BCUT2D eigenvalue weighted by atomic mass is 16.3. The number of piperidine rings is 1. The van der Waals surface area contributed by atoms with E-state index in [4.69, 9.17) is 5.73 Å². The summed E-state index contributed by atoms with van der Waals surface area (Å²) < 4.78 is 0. The molecular formula is C14H20N2O2. The fraction of sp³-hybridized carbons (Fsp3) is 0.500. The minimum Gasteiger partial charge on any atom is -0.391 e. The highest BCUT2D eigenvalue weighted by Gasteiger charge is 2.24. The smallest absolute Gasteiger partial charge is 0.254 e. The molecule has 4 nitrogen and oxygen atoms in total. The Hall–Kier alpha value is -1.39. The first kappa shape index (κ1) is 13.1. The van der Waals surface area contributed by atoms with Gasteiger partial charge in [0.15, 0.2) is 0 Å². The van der Waals surface area contributed by atoms with Gasteiger partial charge in [-0.2, -0.15) is 0 Å². The molecule has 0 aliphatic carbocycles. The van der Waals surface area contributed by atoms with Crippen molar-refractivity contribution in [1.82, 2.24) is 4.90 Å². The van der Waals surface area contributed by atoms with Crippen LogP contribution in [-0.4, -0.2) is 41.7 Å². The van der Waals surface area contributed by atoms with Crippen molar-refractivity contribution >= 4 is 5.91 Å². The summed E-state index contributed by atoms with van der Waals surface area (Å²) in [6.07, 6.45) is 1.97. The average molecular weight is 248 g/mol. The highest BCUT2D eigenvalue weighted by Crippen LogP contribution is 2.16. The molecule has 0 saturated carbocycles. The first-order valence-corrected chi connectivity index (χ1v) is 6.47. The van der Waals surface area contributed by atoms with Crippen molar-refractivity contribution in [3.05, 3.63) is 35.4 Å². The summed E-state index contributed by atoms with van der Waals surface area (Å²) in [5, 5.41) is 9.63. The second-order valence-electron chi connectivity index (χ2n) is 4.74. The number of aliphatic hydroxyl groups excluding tert-OH is 1. The summed E-state index contributed by atoms with van der Waals surface area (Å²) >= 11 is 0. The fourth-order valence-electron chi connectivity index (χ4n) is 2.41. The van der Waals surface area contributed by atoms with Crippen molar-refractivity contribution < 1.29 is 9.90 Å². The number of carbonyl (C=O) groups excluding carboxylic acids is 1. The number of carbonyl (C=O) groups is 1. The summed E-state index contributed by atoms with van der Waals surface area (Å²) in [7, 11) is 0. The van der Waals surface area contributed by atoms with Gasteiger partial charge in [0.2, 0.25) is 0 Å². The first-order chi connectivity index (χ1) is 8.72. The monoisotopic (exact) mass is 248 g/mol. The van der Waals surface area contributed by atoms with Gasteiger partial charge in [-0.1, -0.05) is 18.2 Å². The Balaban J connectivity index is 2.17. The Bertz CT molecular complexity index is 420. The van der Waals surface area contributed by atoms with Gasteiger partial charge in [0, 0.05) is 18.7 Å². The molecule has 1 amide bonds. The van der Waals surface area contributed by atoms with E-state index in [1.807, 2.05) is 24.3 Å². The van der Waals surface area contributed by atoms with Crippen LogP contribution in [0.3, 0.4) is 0 Å². The summed E-state index contributed by atoms with van der Waals surface area (Å²) in [6, 6.07) is 7.58. The Morgan fingerprint density at radius 2 is 2.22 bits per heavy atom. The van der Waals surface area contributed by atoms with Crippen LogP contribution in [0, 0.1) is 0 Å². The quantitative estimate of drug-likeness (QED) is 0.831. The topological polar surface area (TPSA) is 66.6 Å². The van der Waals surface area contributed by atoms with Crippen LogP contribution < -0.4 is 5.73 Å². The Morgan fingerprint density at radius 3 is 2.94 bits per heavy atom. The van der Waals surface area contributed by atoms with E-state index in [-0.39, 0.29) is 12.0 Å². The summed E-state index contributed by atoms with van der Waals surface area (Å²) in [6.45, 7) is 1.70. The van der Waals surface area contributed by atoms with Gasteiger partial charge in [0.1, 0.15) is 0 Å². The van der Waals surface area contributed by atoms with Crippen LogP contribution in [0.1, 0.15) is 28.8 Å². The van der Waals surface area contributed by atoms with Gasteiger partial charge in [-0.05, 0) is 37.4 Å². The van der Waals surface area contributed by atoms with E-state index < -0.39 is 0 Å². The maximum Gasteiger partial charge on any atom is 0.254 e. The van der Waals surface area contributed by atoms with Gasteiger partial charge < -0.3 is 15.7 Å².